The second-order valence-corrected chi connectivity index (χ2v) is 4.52. The number of pyridine rings is 1. The number of nitrogens with two attached hydrogens (primary N) is 1. The van der Waals surface area contributed by atoms with E-state index in [-0.39, 0.29) is 11.9 Å². The highest BCUT2D eigenvalue weighted by molar-refractivity contribution is 5.81. The van der Waals surface area contributed by atoms with Crippen LogP contribution in [0.2, 0.25) is 0 Å². The van der Waals surface area contributed by atoms with Gasteiger partial charge in [-0.25, -0.2) is 4.98 Å². The molecular formula is C13H20N4O. The Bertz CT molecular complexity index is 387. The zero-order chi connectivity index (χ0) is 13.0. The van der Waals surface area contributed by atoms with Crippen LogP contribution in [0.25, 0.3) is 0 Å². The molecule has 2 heterocycles. The molecule has 0 aromatic carbocycles. The molecule has 5 heteroatoms. The van der Waals surface area contributed by atoms with Crippen LogP contribution in [0.15, 0.2) is 24.4 Å². The Kier molecular flexibility index (Phi) is 4.15. The predicted molar refractivity (Wildman–Crippen MR) is 71.3 cm³/mol. The minimum atomic E-state index is -0.355. The van der Waals surface area contributed by atoms with Crippen LogP contribution in [0.5, 0.6) is 0 Å². The van der Waals surface area contributed by atoms with Gasteiger partial charge in [-0.3, -0.25) is 4.79 Å². The molecule has 1 amide bonds. The van der Waals surface area contributed by atoms with Crippen LogP contribution in [0.4, 0.5) is 5.82 Å². The lowest BCUT2D eigenvalue weighted by Crippen LogP contribution is -2.53. The summed E-state index contributed by atoms with van der Waals surface area (Å²) >= 11 is 0. The third-order valence-electron chi connectivity index (χ3n) is 3.32. The summed E-state index contributed by atoms with van der Waals surface area (Å²) in [6.45, 7) is 5.03. The van der Waals surface area contributed by atoms with Crippen molar-refractivity contribution >= 4 is 11.7 Å². The van der Waals surface area contributed by atoms with Crippen LogP contribution in [0.1, 0.15) is 13.3 Å². The zero-order valence-electron chi connectivity index (χ0n) is 10.7. The van der Waals surface area contributed by atoms with Gasteiger partial charge < -0.3 is 15.5 Å². The number of carbonyl (C=O) groups excluding carboxylic acids is 1. The quantitative estimate of drug-likeness (QED) is 0.844. The maximum atomic E-state index is 11.9. The molecule has 0 spiro atoms. The Hall–Kier alpha value is -1.62. The molecule has 0 saturated carbocycles. The van der Waals surface area contributed by atoms with Crippen molar-refractivity contribution in [3.05, 3.63) is 24.4 Å². The summed E-state index contributed by atoms with van der Waals surface area (Å²) in [5, 5.41) is 0. The lowest BCUT2D eigenvalue weighted by molar-refractivity contribution is -0.132. The molecule has 0 unspecified atom stereocenters. The highest BCUT2D eigenvalue weighted by atomic mass is 16.2. The maximum absolute atomic E-state index is 11.9. The number of amides is 1. The summed E-state index contributed by atoms with van der Waals surface area (Å²) < 4.78 is 0. The van der Waals surface area contributed by atoms with E-state index in [1.54, 1.807) is 6.20 Å². The summed E-state index contributed by atoms with van der Waals surface area (Å²) in [4.78, 5) is 20.3. The van der Waals surface area contributed by atoms with Gasteiger partial charge in [0, 0.05) is 32.4 Å². The Labute approximate surface area is 108 Å². The molecule has 1 aromatic heterocycles. The van der Waals surface area contributed by atoms with E-state index in [0.29, 0.717) is 6.42 Å². The lowest BCUT2D eigenvalue weighted by Gasteiger charge is -2.36. The molecule has 18 heavy (non-hydrogen) atoms. The van der Waals surface area contributed by atoms with Gasteiger partial charge in [0.05, 0.1) is 6.04 Å². The topological polar surface area (TPSA) is 62.5 Å². The number of nitrogens with zero attached hydrogens (tertiary/aromatic N) is 3. The molecule has 0 bridgehead atoms. The molecule has 1 saturated heterocycles. The van der Waals surface area contributed by atoms with Crippen molar-refractivity contribution in [3.63, 3.8) is 0 Å². The molecule has 2 N–H and O–H groups in total. The number of piperazine rings is 1. The number of hydrogen-bond acceptors (Lipinski definition) is 4. The van der Waals surface area contributed by atoms with Crippen molar-refractivity contribution in [1.29, 1.82) is 0 Å². The average molecular weight is 248 g/mol. The van der Waals surface area contributed by atoms with Crippen LogP contribution in [0.3, 0.4) is 0 Å². The van der Waals surface area contributed by atoms with Crippen molar-refractivity contribution in [2.45, 2.75) is 19.4 Å². The van der Waals surface area contributed by atoms with Crippen LogP contribution < -0.4 is 10.6 Å². The van der Waals surface area contributed by atoms with Gasteiger partial charge in [0.15, 0.2) is 0 Å². The summed E-state index contributed by atoms with van der Waals surface area (Å²) in [5.74, 6) is 1.04. The minimum Gasteiger partial charge on any atom is -0.353 e. The number of hydrogen-bond donors (Lipinski definition) is 1. The van der Waals surface area contributed by atoms with E-state index in [4.69, 9.17) is 5.73 Å². The van der Waals surface area contributed by atoms with Crippen molar-refractivity contribution in [3.8, 4) is 0 Å². The van der Waals surface area contributed by atoms with Gasteiger partial charge in [-0.1, -0.05) is 13.0 Å². The minimum absolute atomic E-state index is 0.0678. The first kappa shape index (κ1) is 12.8. The van der Waals surface area contributed by atoms with E-state index in [9.17, 15) is 4.79 Å². The van der Waals surface area contributed by atoms with Crippen LogP contribution in [-0.2, 0) is 4.79 Å². The fourth-order valence-corrected chi connectivity index (χ4v) is 2.11. The third-order valence-corrected chi connectivity index (χ3v) is 3.32. The first-order valence-corrected chi connectivity index (χ1v) is 6.42. The number of rotatable bonds is 3. The van der Waals surface area contributed by atoms with E-state index in [2.05, 4.69) is 9.88 Å². The van der Waals surface area contributed by atoms with E-state index < -0.39 is 0 Å². The maximum Gasteiger partial charge on any atom is 0.239 e. The van der Waals surface area contributed by atoms with Crippen LogP contribution in [0, 0.1) is 0 Å². The predicted octanol–water partition coefficient (Wildman–Crippen LogP) is 0.468. The second kappa shape index (κ2) is 5.82. The standard InChI is InChI=1S/C13H20N4O/c1-2-11(14)13(18)17-9-7-16(8-10-17)12-5-3-4-6-15-12/h3-6,11H,2,7-10,14H2,1H3/t11-/m1/s1. The SMILES string of the molecule is CC[C@@H](N)C(=O)N1CCN(c2ccccn2)CC1. The van der Waals surface area contributed by atoms with Crippen molar-refractivity contribution < 1.29 is 4.79 Å². The number of carbonyl (C=O) groups is 1. The van der Waals surface area contributed by atoms with Gasteiger partial charge >= 0.3 is 0 Å². The van der Waals surface area contributed by atoms with E-state index in [0.717, 1.165) is 32.0 Å². The van der Waals surface area contributed by atoms with Crippen molar-refractivity contribution in [2.75, 3.05) is 31.1 Å². The van der Waals surface area contributed by atoms with Crippen LogP contribution >= 0.6 is 0 Å². The van der Waals surface area contributed by atoms with Gasteiger partial charge in [0.25, 0.3) is 0 Å². The Morgan fingerprint density at radius 3 is 2.67 bits per heavy atom. The van der Waals surface area contributed by atoms with Crippen molar-refractivity contribution in [1.82, 2.24) is 9.88 Å². The summed E-state index contributed by atoms with van der Waals surface area (Å²) in [6, 6.07) is 5.53. The van der Waals surface area contributed by atoms with Gasteiger partial charge in [-0.05, 0) is 18.6 Å². The van der Waals surface area contributed by atoms with Gasteiger partial charge in [0.2, 0.25) is 5.91 Å². The van der Waals surface area contributed by atoms with Gasteiger partial charge in [0.1, 0.15) is 5.82 Å². The van der Waals surface area contributed by atoms with Crippen LogP contribution in [-0.4, -0.2) is 48.0 Å². The first-order valence-electron chi connectivity index (χ1n) is 6.42. The molecular weight excluding hydrogens is 228 g/mol. The summed E-state index contributed by atoms with van der Waals surface area (Å²) in [6.07, 6.45) is 2.49. The average Bonchev–Trinajstić information content (AvgIpc) is 2.47. The second-order valence-electron chi connectivity index (χ2n) is 4.52. The zero-order valence-corrected chi connectivity index (χ0v) is 10.7. The summed E-state index contributed by atoms with van der Waals surface area (Å²) in [7, 11) is 0. The highest BCUT2D eigenvalue weighted by Gasteiger charge is 2.24. The Balaban J connectivity index is 1.90. The first-order chi connectivity index (χ1) is 8.72. The van der Waals surface area contributed by atoms with E-state index in [1.807, 2.05) is 30.0 Å². The van der Waals surface area contributed by atoms with E-state index in [1.165, 1.54) is 0 Å². The molecule has 2 rings (SSSR count). The molecule has 1 aliphatic rings. The highest BCUT2D eigenvalue weighted by Crippen LogP contribution is 2.13. The molecule has 98 valence electrons. The Morgan fingerprint density at radius 1 is 1.39 bits per heavy atom. The molecule has 1 aliphatic heterocycles. The molecule has 0 aliphatic carbocycles. The monoisotopic (exact) mass is 248 g/mol. The summed E-state index contributed by atoms with van der Waals surface area (Å²) in [5.41, 5.74) is 5.78. The largest absolute Gasteiger partial charge is 0.353 e. The molecule has 1 atom stereocenters. The fraction of sp³-hybridized carbons (Fsp3) is 0.538. The normalized spacial score (nSPS) is 17.7. The smallest absolute Gasteiger partial charge is 0.239 e. The van der Waals surface area contributed by atoms with E-state index >= 15 is 0 Å². The van der Waals surface area contributed by atoms with Gasteiger partial charge in [-0.15, -0.1) is 0 Å². The molecule has 1 aromatic rings. The van der Waals surface area contributed by atoms with Crippen molar-refractivity contribution in [2.24, 2.45) is 5.73 Å². The Morgan fingerprint density at radius 2 is 2.11 bits per heavy atom. The fourth-order valence-electron chi connectivity index (χ4n) is 2.11. The lowest BCUT2D eigenvalue weighted by atomic mass is 10.2. The molecule has 5 nitrogen and oxygen atoms in total. The van der Waals surface area contributed by atoms with Gasteiger partial charge in [-0.2, -0.15) is 0 Å². The molecule has 0 radical (unpaired) electrons. The molecule has 1 fully saturated rings. The number of aromatic nitrogens is 1. The number of anilines is 1. The third kappa shape index (κ3) is 2.79.